The summed E-state index contributed by atoms with van der Waals surface area (Å²) >= 11 is 1.60. The van der Waals surface area contributed by atoms with Crippen LogP contribution in [0.3, 0.4) is 0 Å². The highest BCUT2D eigenvalue weighted by Crippen LogP contribution is 2.28. The fraction of sp³-hybridized carbons (Fsp3) is 0.250. The molecule has 1 aliphatic rings. The van der Waals surface area contributed by atoms with Crippen LogP contribution in [0.15, 0.2) is 64.9 Å². The molecule has 2 aromatic carbocycles. The van der Waals surface area contributed by atoms with Gasteiger partial charge in [0.15, 0.2) is 5.13 Å². The zero-order chi connectivity index (χ0) is 18.9. The van der Waals surface area contributed by atoms with E-state index in [1.165, 1.54) is 0 Å². The summed E-state index contributed by atoms with van der Waals surface area (Å²) in [5.74, 6) is 0. The molecule has 5 nitrogen and oxygen atoms in total. The van der Waals surface area contributed by atoms with Crippen LogP contribution in [0, 0.1) is 6.92 Å². The van der Waals surface area contributed by atoms with Gasteiger partial charge in [0.1, 0.15) is 0 Å². The van der Waals surface area contributed by atoms with Gasteiger partial charge in [-0.1, -0.05) is 48.0 Å². The fourth-order valence-electron chi connectivity index (χ4n) is 3.13. The van der Waals surface area contributed by atoms with Gasteiger partial charge in [0.25, 0.3) is 0 Å². The quantitative estimate of drug-likeness (QED) is 0.672. The number of hydrogen-bond acceptors (Lipinski definition) is 5. The maximum atomic E-state index is 12.8. The molecule has 3 aromatic rings. The molecule has 1 saturated heterocycles. The molecule has 0 N–H and O–H groups in total. The Morgan fingerprint density at radius 2 is 1.59 bits per heavy atom. The largest absolute Gasteiger partial charge is 0.345 e. The minimum absolute atomic E-state index is 0.363. The first kappa shape index (κ1) is 18.2. The van der Waals surface area contributed by atoms with Crippen LogP contribution < -0.4 is 4.90 Å². The van der Waals surface area contributed by atoms with Gasteiger partial charge in [0, 0.05) is 37.1 Å². The van der Waals surface area contributed by atoms with Crippen molar-refractivity contribution in [2.75, 3.05) is 31.1 Å². The lowest BCUT2D eigenvalue weighted by atomic mass is 10.2. The van der Waals surface area contributed by atoms with Crippen LogP contribution in [0.5, 0.6) is 0 Å². The summed E-state index contributed by atoms with van der Waals surface area (Å²) in [5, 5.41) is 3.00. The van der Waals surface area contributed by atoms with E-state index >= 15 is 0 Å². The predicted molar refractivity (Wildman–Crippen MR) is 110 cm³/mol. The lowest BCUT2D eigenvalue weighted by molar-refractivity contribution is 0.385. The molecule has 0 bridgehead atoms. The number of sulfonamides is 1. The maximum absolute atomic E-state index is 12.8. The number of piperazine rings is 1. The van der Waals surface area contributed by atoms with Gasteiger partial charge in [-0.2, -0.15) is 4.31 Å². The second-order valence-corrected chi connectivity index (χ2v) is 9.36. The molecule has 27 heavy (non-hydrogen) atoms. The average molecular weight is 400 g/mol. The van der Waals surface area contributed by atoms with E-state index in [0.29, 0.717) is 31.1 Å². The van der Waals surface area contributed by atoms with Crippen molar-refractivity contribution in [2.45, 2.75) is 11.8 Å². The molecule has 0 spiro atoms. The van der Waals surface area contributed by atoms with E-state index < -0.39 is 10.0 Å². The van der Waals surface area contributed by atoms with Crippen molar-refractivity contribution in [1.29, 1.82) is 0 Å². The van der Waals surface area contributed by atoms with Gasteiger partial charge < -0.3 is 4.90 Å². The Morgan fingerprint density at radius 3 is 2.26 bits per heavy atom. The molecule has 0 unspecified atom stereocenters. The average Bonchev–Trinajstić information content (AvgIpc) is 3.19. The monoisotopic (exact) mass is 399 g/mol. The number of thiazole rings is 1. The number of nitrogens with zero attached hydrogens (tertiary/aromatic N) is 3. The van der Waals surface area contributed by atoms with Crippen molar-refractivity contribution < 1.29 is 8.42 Å². The van der Waals surface area contributed by atoms with Crippen molar-refractivity contribution in [3.05, 3.63) is 65.5 Å². The minimum Gasteiger partial charge on any atom is -0.345 e. The van der Waals surface area contributed by atoms with E-state index in [4.69, 9.17) is 4.98 Å². The zero-order valence-corrected chi connectivity index (χ0v) is 16.7. The van der Waals surface area contributed by atoms with E-state index in [-0.39, 0.29) is 0 Å². The molecule has 0 atom stereocenters. The standard InChI is InChI=1S/C20H21N3O2S2/c1-16-7-9-18(10-8-16)27(24,25)23-13-11-22(12-14-23)20-21-19(15-26-20)17-5-3-2-4-6-17/h2-10,15H,11-14H2,1H3. The van der Waals surface area contributed by atoms with Crippen LogP contribution in [-0.2, 0) is 10.0 Å². The van der Waals surface area contributed by atoms with E-state index in [2.05, 4.69) is 10.3 Å². The molecular formula is C20H21N3O2S2. The van der Waals surface area contributed by atoms with Gasteiger partial charge in [-0.3, -0.25) is 0 Å². The summed E-state index contributed by atoms with van der Waals surface area (Å²) in [6.07, 6.45) is 0. The molecule has 0 amide bonds. The Balaban J connectivity index is 1.45. The van der Waals surface area contributed by atoms with Crippen molar-refractivity contribution in [2.24, 2.45) is 0 Å². The van der Waals surface area contributed by atoms with Gasteiger partial charge >= 0.3 is 0 Å². The first-order chi connectivity index (χ1) is 13.0. The van der Waals surface area contributed by atoms with Gasteiger partial charge in [0.2, 0.25) is 10.0 Å². The predicted octanol–water partition coefficient (Wildman–Crippen LogP) is 3.63. The second kappa shape index (κ2) is 7.42. The Kier molecular flexibility index (Phi) is 4.99. The fourth-order valence-corrected chi connectivity index (χ4v) is 5.44. The number of benzene rings is 2. The molecule has 2 heterocycles. The summed E-state index contributed by atoms with van der Waals surface area (Å²) < 4.78 is 27.2. The third kappa shape index (κ3) is 3.76. The van der Waals surface area contributed by atoms with Gasteiger partial charge in [-0.25, -0.2) is 13.4 Å². The Morgan fingerprint density at radius 1 is 0.926 bits per heavy atom. The molecule has 0 aliphatic carbocycles. The first-order valence-electron chi connectivity index (χ1n) is 8.87. The molecule has 4 rings (SSSR count). The third-order valence-electron chi connectivity index (χ3n) is 4.73. The van der Waals surface area contributed by atoms with Crippen molar-refractivity contribution in [1.82, 2.24) is 9.29 Å². The first-order valence-corrected chi connectivity index (χ1v) is 11.2. The normalized spacial score (nSPS) is 15.8. The van der Waals surface area contributed by atoms with Crippen LogP contribution in [-0.4, -0.2) is 43.9 Å². The topological polar surface area (TPSA) is 53.5 Å². The van der Waals surface area contributed by atoms with E-state index in [1.807, 2.05) is 49.4 Å². The highest BCUT2D eigenvalue weighted by Gasteiger charge is 2.29. The maximum Gasteiger partial charge on any atom is 0.243 e. The van der Waals surface area contributed by atoms with Gasteiger partial charge in [0.05, 0.1) is 10.6 Å². The molecule has 0 saturated carbocycles. The smallest absolute Gasteiger partial charge is 0.243 e. The third-order valence-corrected chi connectivity index (χ3v) is 7.54. The Hall–Kier alpha value is -2.22. The molecule has 0 radical (unpaired) electrons. The number of rotatable bonds is 4. The van der Waals surface area contributed by atoms with Gasteiger partial charge in [-0.05, 0) is 19.1 Å². The highest BCUT2D eigenvalue weighted by molar-refractivity contribution is 7.89. The van der Waals surface area contributed by atoms with E-state index in [0.717, 1.165) is 22.0 Å². The van der Waals surface area contributed by atoms with E-state index in [1.54, 1.807) is 27.8 Å². The van der Waals surface area contributed by atoms with Crippen molar-refractivity contribution in [3.63, 3.8) is 0 Å². The number of anilines is 1. The van der Waals surface area contributed by atoms with E-state index in [9.17, 15) is 8.42 Å². The molecule has 1 aromatic heterocycles. The number of aryl methyl sites for hydroxylation is 1. The SMILES string of the molecule is Cc1ccc(S(=O)(=O)N2CCN(c3nc(-c4ccccc4)cs3)CC2)cc1. The van der Waals surface area contributed by atoms with Crippen molar-refractivity contribution in [3.8, 4) is 11.3 Å². The van der Waals surface area contributed by atoms with Crippen LogP contribution >= 0.6 is 11.3 Å². The lowest BCUT2D eigenvalue weighted by Gasteiger charge is -2.33. The zero-order valence-electron chi connectivity index (χ0n) is 15.1. The minimum atomic E-state index is -3.43. The second-order valence-electron chi connectivity index (χ2n) is 6.59. The van der Waals surface area contributed by atoms with Crippen LogP contribution in [0.1, 0.15) is 5.56 Å². The lowest BCUT2D eigenvalue weighted by Crippen LogP contribution is -2.48. The molecule has 7 heteroatoms. The Bertz CT molecular complexity index is 1010. The summed E-state index contributed by atoms with van der Waals surface area (Å²) in [6.45, 7) is 4.18. The summed E-state index contributed by atoms with van der Waals surface area (Å²) in [4.78, 5) is 7.26. The number of aromatic nitrogens is 1. The highest BCUT2D eigenvalue weighted by atomic mass is 32.2. The molecule has 1 aliphatic heterocycles. The van der Waals surface area contributed by atoms with Gasteiger partial charge in [-0.15, -0.1) is 11.3 Å². The Labute approximate surface area is 164 Å². The molecule has 140 valence electrons. The van der Waals surface area contributed by atoms with Crippen LogP contribution in [0.4, 0.5) is 5.13 Å². The summed E-state index contributed by atoms with van der Waals surface area (Å²) in [5.41, 5.74) is 3.11. The van der Waals surface area contributed by atoms with Crippen molar-refractivity contribution >= 4 is 26.5 Å². The number of hydrogen-bond donors (Lipinski definition) is 0. The van der Waals surface area contributed by atoms with Crippen LogP contribution in [0.2, 0.25) is 0 Å². The molecular weight excluding hydrogens is 378 g/mol. The van der Waals surface area contributed by atoms with Crippen LogP contribution in [0.25, 0.3) is 11.3 Å². The summed E-state index contributed by atoms with van der Waals surface area (Å²) in [7, 11) is -3.43. The molecule has 1 fully saturated rings. The summed E-state index contributed by atoms with van der Waals surface area (Å²) in [6, 6.07) is 17.1.